The SMILES string of the molecule is CCCOc1ccc2ccccc2c1.O=[N+]([O-])c1cc([N+](=O)[O-])c(O)c([N+](=O)[O-])c1. The lowest BCUT2D eigenvalue weighted by Crippen LogP contribution is -1.97. The minimum atomic E-state index is -1.21. The molecule has 30 heavy (non-hydrogen) atoms. The molecule has 0 aliphatic carbocycles. The van der Waals surface area contributed by atoms with Gasteiger partial charge in [0.25, 0.3) is 11.4 Å². The first kappa shape index (κ1) is 22.0. The molecule has 0 atom stereocenters. The Hall–Kier alpha value is -4.28. The predicted octanol–water partition coefficient (Wildman–Crippen LogP) is 4.75. The van der Waals surface area contributed by atoms with Crippen molar-refractivity contribution in [3.05, 3.63) is 84.9 Å². The standard InChI is InChI=1S/C13H14O.C6H3N3O7/c1-2-9-14-13-8-7-11-5-3-4-6-12(11)10-13;10-6-4(8(13)14)1-3(7(11)12)2-5(6)9(15)16/h3-8,10H,2,9H2,1H3;1-2,10H. The van der Waals surface area contributed by atoms with Gasteiger partial charge in [-0.3, -0.25) is 30.3 Å². The molecule has 1 N–H and O–H groups in total. The second-order valence-electron chi connectivity index (χ2n) is 5.96. The van der Waals surface area contributed by atoms with Gasteiger partial charge in [-0.1, -0.05) is 37.3 Å². The van der Waals surface area contributed by atoms with Gasteiger partial charge in [0, 0.05) is 0 Å². The maximum absolute atomic E-state index is 10.4. The second-order valence-corrected chi connectivity index (χ2v) is 5.96. The molecule has 0 radical (unpaired) electrons. The summed E-state index contributed by atoms with van der Waals surface area (Å²) in [5.41, 5.74) is -3.00. The summed E-state index contributed by atoms with van der Waals surface area (Å²) in [7, 11) is 0. The van der Waals surface area contributed by atoms with E-state index in [0.29, 0.717) is 12.1 Å². The highest BCUT2D eigenvalue weighted by molar-refractivity contribution is 5.83. The monoisotopic (exact) mass is 415 g/mol. The van der Waals surface area contributed by atoms with Crippen molar-refractivity contribution in [2.75, 3.05) is 6.61 Å². The number of nitro groups is 3. The molecule has 0 fully saturated rings. The number of benzene rings is 3. The lowest BCUT2D eigenvalue weighted by molar-refractivity contribution is -0.404. The Morgan fingerprint density at radius 1 is 0.833 bits per heavy atom. The van der Waals surface area contributed by atoms with E-state index in [2.05, 4.69) is 37.3 Å². The zero-order chi connectivity index (χ0) is 22.3. The molecular weight excluding hydrogens is 398 g/mol. The molecule has 3 aromatic carbocycles. The molecule has 0 aromatic heterocycles. The smallest absolute Gasteiger partial charge is 0.324 e. The first-order valence-electron chi connectivity index (χ1n) is 8.66. The number of aromatic hydroxyl groups is 1. The highest BCUT2D eigenvalue weighted by atomic mass is 16.6. The fourth-order valence-electron chi connectivity index (χ4n) is 2.45. The molecule has 0 bridgehead atoms. The number of phenols is 1. The third-order valence-corrected chi connectivity index (χ3v) is 3.85. The molecule has 0 heterocycles. The number of fused-ring (bicyclic) bond motifs is 1. The fraction of sp³-hybridized carbons (Fsp3) is 0.158. The molecule has 0 aliphatic rings. The summed E-state index contributed by atoms with van der Waals surface area (Å²) in [4.78, 5) is 27.8. The van der Waals surface area contributed by atoms with E-state index in [0.717, 1.165) is 18.8 Å². The van der Waals surface area contributed by atoms with Crippen LogP contribution in [0, 0.1) is 30.3 Å². The zero-order valence-corrected chi connectivity index (χ0v) is 15.8. The van der Waals surface area contributed by atoms with Crippen molar-refractivity contribution >= 4 is 27.8 Å². The van der Waals surface area contributed by atoms with E-state index in [4.69, 9.17) is 9.84 Å². The summed E-state index contributed by atoms with van der Waals surface area (Å²) in [6, 6.07) is 15.4. The van der Waals surface area contributed by atoms with Gasteiger partial charge >= 0.3 is 11.4 Å². The van der Waals surface area contributed by atoms with Crippen molar-refractivity contribution in [1.82, 2.24) is 0 Å². The molecule has 0 saturated carbocycles. The van der Waals surface area contributed by atoms with Crippen LogP contribution in [0.5, 0.6) is 11.5 Å². The van der Waals surface area contributed by atoms with Crippen molar-refractivity contribution in [2.45, 2.75) is 13.3 Å². The van der Waals surface area contributed by atoms with Crippen LogP contribution >= 0.6 is 0 Å². The van der Waals surface area contributed by atoms with Gasteiger partial charge < -0.3 is 9.84 Å². The Kier molecular flexibility index (Phi) is 7.17. The highest BCUT2D eigenvalue weighted by Gasteiger charge is 2.30. The average molecular weight is 415 g/mol. The van der Waals surface area contributed by atoms with Crippen LogP contribution in [0.4, 0.5) is 17.1 Å². The summed E-state index contributed by atoms with van der Waals surface area (Å²) in [5.74, 6) is -0.244. The van der Waals surface area contributed by atoms with E-state index < -0.39 is 37.6 Å². The van der Waals surface area contributed by atoms with Gasteiger partial charge in [-0.15, -0.1) is 0 Å². The predicted molar refractivity (Wildman–Crippen MR) is 108 cm³/mol. The van der Waals surface area contributed by atoms with Crippen molar-refractivity contribution in [3.8, 4) is 11.5 Å². The maximum atomic E-state index is 10.4. The van der Waals surface area contributed by atoms with Crippen molar-refractivity contribution in [2.24, 2.45) is 0 Å². The van der Waals surface area contributed by atoms with Gasteiger partial charge in [-0.2, -0.15) is 0 Å². The van der Waals surface area contributed by atoms with Crippen LogP contribution in [-0.4, -0.2) is 26.5 Å². The molecule has 0 spiro atoms. The van der Waals surface area contributed by atoms with Crippen molar-refractivity contribution in [3.63, 3.8) is 0 Å². The normalized spacial score (nSPS) is 10.0. The Morgan fingerprint density at radius 2 is 1.40 bits per heavy atom. The van der Waals surface area contributed by atoms with E-state index in [1.807, 2.05) is 12.1 Å². The van der Waals surface area contributed by atoms with Gasteiger partial charge in [-0.05, 0) is 29.3 Å². The number of ether oxygens (including phenoxy) is 1. The van der Waals surface area contributed by atoms with Gasteiger partial charge in [0.15, 0.2) is 0 Å². The third kappa shape index (κ3) is 5.38. The number of hydrogen-bond acceptors (Lipinski definition) is 8. The lowest BCUT2D eigenvalue weighted by atomic mass is 10.1. The van der Waals surface area contributed by atoms with Crippen LogP contribution < -0.4 is 4.74 Å². The molecule has 11 nitrogen and oxygen atoms in total. The summed E-state index contributed by atoms with van der Waals surface area (Å²) in [6.07, 6.45) is 1.05. The fourth-order valence-corrected chi connectivity index (χ4v) is 2.45. The molecule has 0 amide bonds. The summed E-state index contributed by atoms with van der Waals surface area (Å²) < 4.78 is 5.56. The maximum Gasteiger partial charge on any atom is 0.324 e. The van der Waals surface area contributed by atoms with Crippen LogP contribution in [0.1, 0.15) is 13.3 Å². The molecular formula is C19H17N3O8. The van der Waals surface area contributed by atoms with Gasteiger partial charge in [0.1, 0.15) is 5.75 Å². The molecule has 3 rings (SSSR count). The first-order chi connectivity index (χ1) is 14.2. The van der Waals surface area contributed by atoms with E-state index in [9.17, 15) is 30.3 Å². The van der Waals surface area contributed by atoms with Crippen molar-refractivity contribution < 1.29 is 24.6 Å². The Morgan fingerprint density at radius 3 is 1.90 bits per heavy atom. The van der Waals surface area contributed by atoms with Crippen LogP contribution in [0.2, 0.25) is 0 Å². The Labute approximate surface area is 169 Å². The molecule has 156 valence electrons. The number of hydrogen-bond donors (Lipinski definition) is 1. The van der Waals surface area contributed by atoms with Crippen LogP contribution in [0.25, 0.3) is 10.8 Å². The molecule has 0 saturated heterocycles. The summed E-state index contributed by atoms with van der Waals surface area (Å²) >= 11 is 0. The number of phenolic OH excluding ortho intramolecular Hbond substituents is 1. The van der Waals surface area contributed by atoms with E-state index in [-0.39, 0.29) is 0 Å². The number of rotatable bonds is 6. The number of non-ortho nitro benzene ring substituents is 1. The minimum absolute atomic E-state index is 0.447. The zero-order valence-electron chi connectivity index (χ0n) is 15.8. The first-order valence-corrected chi connectivity index (χ1v) is 8.66. The Bertz CT molecular complexity index is 1070. The number of nitrogens with zero attached hydrogens (tertiary/aromatic N) is 3. The van der Waals surface area contributed by atoms with Gasteiger partial charge in [0.05, 0.1) is 33.5 Å². The Balaban J connectivity index is 0.000000215. The average Bonchev–Trinajstić information content (AvgIpc) is 2.72. The number of nitro benzene ring substituents is 3. The van der Waals surface area contributed by atoms with E-state index >= 15 is 0 Å². The largest absolute Gasteiger partial charge is 0.497 e. The van der Waals surface area contributed by atoms with Gasteiger partial charge in [-0.25, -0.2) is 0 Å². The lowest BCUT2D eigenvalue weighted by Gasteiger charge is -2.05. The molecule has 3 aromatic rings. The van der Waals surface area contributed by atoms with Crippen molar-refractivity contribution in [1.29, 1.82) is 0 Å². The minimum Gasteiger partial charge on any atom is -0.497 e. The molecule has 11 heteroatoms. The van der Waals surface area contributed by atoms with Crippen LogP contribution in [-0.2, 0) is 0 Å². The summed E-state index contributed by atoms with van der Waals surface area (Å²) in [6.45, 7) is 2.90. The molecule has 0 aliphatic heterocycles. The van der Waals surface area contributed by atoms with Crippen LogP contribution in [0.15, 0.2) is 54.6 Å². The highest BCUT2D eigenvalue weighted by Crippen LogP contribution is 2.38. The van der Waals surface area contributed by atoms with Crippen LogP contribution in [0.3, 0.4) is 0 Å². The second kappa shape index (κ2) is 9.78. The quantitative estimate of drug-likeness (QED) is 0.446. The van der Waals surface area contributed by atoms with E-state index in [1.165, 1.54) is 10.8 Å². The summed E-state index contributed by atoms with van der Waals surface area (Å²) in [5, 5.41) is 42.7. The molecule has 0 unspecified atom stereocenters. The van der Waals surface area contributed by atoms with E-state index in [1.54, 1.807) is 0 Å². The third-order valence-electron chi connectivity index (χ3n) is 3.85. The van der Waals surface area contributed by atoms with Gasteiger partial charge in [0.2, 0.25) is 0 Å². The topological polar surface area (TPSA) is 159 Å².